The summed E-state index contributed by atoms with van der Waals surface area (Å²) in [4.78, 5) is 12.3. The number of rotatable bonds is 7. The zero-order valence-electron chi connectivity index (χ0n) is 15.6. The highest BCUT2D eigenvalue weighted by Gasteiger charge is 2.12. The Morgan fingerprint density at radius 2 is 1.81 bits per heavy atom. The Bertz CT molecular complexity index is 880. The molecule has 0 radical (unpaired) electrons. The van der Waals surface area contributed by atoms with E-state index in [2.05, 4.69) is 5.32 Å². The van der Waals surface area contributed by atoms with Crippen LogP contribution in [0.15, 0.2) is 66.3 Å². The van der Waals surface area contributed by atoms with E-state index >= 15 is 0 Å². The van der Waals surface area contributed by atoms with Crippen LogP contribution in [0.2, 0.25) is 0 Å². The van der Waals surface area contributed by atoms with E-state index in [4.69, 9.17) is 9.47 Å². The highest BCUT2D eigenvalue weighted by molar-refractivity contribution is 5.97. The van der Waals surface area contributed by atoms with E-state index in [0.717, 1.165) is 11.1 Å². The number of amides is 1. The predicted molar refractivity (Wildman–Crippen MR) is 105 cm³/mol. The van der Waals surface area contributed by atoms with Crippen LogP contribution in [0.25, 0.3) is 6.08 Å². The maximum Gasteiger partial charge on any atom is 0.262 e. The molecule has 0 bridgehead atoms. The SMILES string of the molecule is COc1ccc(/C=C/C=C(\C#N)C(=O)NC(C)c2ccccc2)cc1OC. The summed E-state index contributed by atoms with van der Waals surface area (Å²) < 4.78 is 10.5. The number of carbonyl (C=O) groups excluding carboxylic acids is 1. The van der Waals surface area contributed by atoms with Crippen LogP contribution < -0.4 is 14.8 Å². The molecule has 1 amide bonds. The molecule has 2 aromatic carbocycles. The lowest BCUT2D eigenvalue weighted by Crippen LogP contribution is -2.27. The molecule has 2 aromatic rings. The molecular formula is C22H22N2O3. The van der Waals surface area contributed by atoms with Crippen molar-refractivity contribution >= 4 is 12.0 Å². The number of methoxy groups -OCH3 is 2. The number of ether oxygens (including phenoxy) is 2. The van der Waals surface area contributed by atoms with Crippen LogP contribution in [-0.4, -0.2) is 20.1 Å². The minimum absolute atomic E-state index is 0.0366. The first-order chi connectivity index (χ1) is 13.1. The van der Waals surface area contributed by atoms with Crippen molar-refractivity contribution in [3.63, 3.8) is 0 Å². The Balaban J connectivity index is 2.08. The molecule has 0 spiro atoms. The summed E-state index contributed by atoms with van der Waals surface area (Å²) in [7, 11) is 3.14. The summed E-state index contributed by atoms with van der Waals surface area (Å²) in [5, 5.41) is 12.1. The highest BCUT2D eigenvalue weighted by atomic mass is 16.5. The first-order valence-corrected chi connectivity index (χ1v) is 8.45. The molecule has 5 heteroatoms. The van der Waals surface area contributed by atoms with Gasteiger partial charge in [0.1, 0.15) is 11.6 Å². The number of nitrogens with one attached hydrogen (secondary N) is 1. The molecule has 0 saturated carbocycles. The molecule has 2 rings (SSSR count). The first-order valence-electron chi connectivity index (χ1n) is 8.45. The molecule has 1 atom stereocenters. The minimum atomic E-state index is -0.411. The molecule has 5 nitrogen and oxygen atoms in total. The third-order valence-electron chi connectivity index (χ3n) is 3.97. The average Bonchev–Trinajstić information content (AvgIpc) is 2.71. The maximum absolute atomic E-state index is 12.3. The van der Waals surface area contributed by atoms with Gasteiger partial charge in [0, 0.05) is 0 Å². The normalized spacial score (nSPS) is 12.3. The van der Waals surface area contributed by atoms with E-state index in [0.29, 0.717) is 11.5 Å². The van der Waals surface area contributed by atoms with Gasteiger partial charge >= 0.3 is 0 Å². The van der Waals surface area contributed by atoms with Gasteiger partial charge in [-0.2, -0.15) is 5.26 Å². The lowest BCUT2D eigenvalue weighted by Gasteiger charge is -2.13. The minimum Gasteiger partial charge on any atom is -0.493 e. The Kier molecular flexibility index (Phi) is 7.21. The van der Waals surface area contributed by atoms with Crippen LogP contribution in [0.1, 0.15) is 24.1 Å². The molecule has 0 aliphatic rings. The van der Waals surface area contributed by atoms with Crippen molar-refractivity contribution in [2.45, 2.75) is 13.0 Å². The van der Waals surface area contributed by atoms with Crippen LogP contribution >= 0.6 is 0 Å². The Morgan fingerprint density at radius 1 is 1.11 bits per heavy atom. The largest absolute Gasteiger partial charge is 0.493 e. The van der Waals surface area contributed by atoms with E-state index in [1.54, 1.807) is 32.4 Å². The third-order valence-corrected chi connectivity index (χ3v) is 3.97. The fraction of sp³-hybridized carbons (Fsp3) is 0.182. The van der Waals surface area contributed by atoms with Gasteiger partial charge in [0.15, 0.2) is 11.5 Å². The molecule has 0 heterocycles. The molecular weight excluding hydrogens is 340 g/mol. The summed E-state index contributed by atoms with van der Waals surface area (Å²) in [5.41, 5.74) is 1.87. The molecule has 1 N–H and O–H groups in total. The summed E-state index contributed by atoms with van der Waals surface area (Å²) >= 11 is 0. The van der Waals surface area contributed by atoms with Crippen LogP contribution in [0.4, 0.5) is 0 Å². The van der Waals surface area contributed by atoms with Gasteiger partial charge in [-0.1, -0.05) is 48.6 Å². The van der Waals surface area contributed by atoms with Crippen molar-refractivity contribution in [1.82, 2.24) is 5.32 Å². The molecule has 0 aromatic heterocycles. The number of allylic oxidation sites excluding steroid dienone is 2. The quantitative estimate of drug-likeness (QED) is 0.458. The van der Waals surface area contributed by atoms with Crippen LogP contribution in [-0.2, 0) is 4.79 Å². The third kappa shape index (κ3) is 5.48. The van der Waals surface area contributed by atoms with Gasteiger partial charge in [-0.25, -0.2) is 0 Å². The molecule has 0 saturated heterocycles. The number of nitriles is 1. The van der Waals surface area contributed by atoms with E-state index in [1.165, 1.54) is 6.08 Å². The van der Waals surface area contributed by atoms with Crippen LogP contribution in [0.5, 0.6) is 11.5 Å². The zero-order chi connectivity index (χ0) is 19.6. The predicted octanol–water partition coefficient (Wildman–Crippen LogP) is 4.04. The molecule has 0 fully saturated rings. The fourth-order valence-corrected chi connectivity index (χ4v) is 2.48. The monoisotopic (exact) mass is 362 g/mol. The molecule has 1 unspecified atom stereocenters. The van der Waals surface area contributed by atoms with Gasteiger partial charge in [-0.3, -0.25) is 4.79 Å². The summed E-state index contributed by atoms with van der Waals surface area (Å²) in [5.74, 6) is 0.835. The van der Waals surface area contributed by atoms with E-state index < -0.39 is 5.91 Å². The van der Waals surface area contributed by atoms with Gasteiger partial charge < -0.3 is 14.8 Å². The van der Waals surface area contributed by atoms with Gasteiger partial charge in [-0.15, -0.1) is 0 Å². The topological polar surface area (TPSA) is 71.3 Å². The highest BCUT2D eigenvalue weighted by Crippen LogP contribution is 2.28. The van der Waals surface area contributed by atoms with Gasteiger partial charge in [-0.05, 0) is 36.3 Å². The van der Waals surface area contributed by atoms with E-state index in [9.17, 15) is 10.1 Å². The Hall–Kier alpha value is -3.52. The molecule has 138 valence electrons. The molecule has 27 heavy (non-hydrogen) atoms. The number of hydrogen-bond acceptors (Lipinski definition) is 4. The summed E-state index contributed by atoms with van der Waals surface area (Å²) in [6, 6.07) is 16.8. The number of hydrogen-bond donors (Lipinski definition) is 1. The maximum atomic E-state index is 12.3. The fourth-order valence-electron chi connectivity index (χ4n) is 2.48. The van der Waals surface area contributed by atoms with Crippen LogP contribution in [0, 0.1) is 11.3 Å². The molecule has 0 aliphatic heterocycles. The van der Waals surface area contributed by atoms with Gasteiger partial charge in [0.2, 0.25) is 0 Å². The number of carbonyl (C=O) groups is 1. The Morgan fingerprint density at radius 3 is 2.44 bits per heavy atom. The van der Waals surface area contributed by atoms with Crippen molar-refractivity contribution < 1.29 is 14.3 Å². The number of nitrogens with zero attached hydrogens (tertiary/aromatic N) is 1. The van der Waals surface area contributed by atoms with Crippen molar-refractivity contribution in [2.75, 3.05) is 14.2 Å². The summed E-state index contributed by atoms with van der Waals surface area (Å²) in [6.45, 7) is 1.88. The van der Waals surface area contributed by atoms with E-state index in [1.807, 2.05) is 55.5 Å². The Labute approximate surface area is 159 Å². The van der Waals surface area contributed by atoms with Gasteiger partial charge in [0.05, 0.1) is 20.3 Å². The van der Waals surface area contributed by atoms with E-state index in [-0.39, 0.29) is 11.6 Å². The lowest BCUT2D eigenvalue weighted by molar-refractivity contribution is -0.117. The van der Waals surface area contributed by atoms with Crippen molar-refractivity contribution in [3.05, 3.63) is 77.4 Å². The van der Waals surface area contributed by atoms with Gasteiger partial charge in [0.25, 0.3) is 5.91 Å². The second kappa shape index (κ2) is 9.83. The summed E-state index contributed by atoms with van der Waals surface area (Å²) in [6.07, 6.45) is 4.93. The van der Waals surface area contributed by atoms with Crippen molar-refractivity contribution in [1.29, 1.82) is 5.26 Å². The standard InChI is InChI=1S/C22H22N2O3/c1-16(18-9-5-4-6-10-18)24-22(25)19(15-23)11-7-8-17-12-13-20(26-2)21(14-17)27-3/h4-14,16H,1-3H3,(H,24,25)/b8-7+,19-11+. The number of benzene rings is 2. The second-order valence-corrected chi connectivity index (χ2v) is 5.77. The average molecular weight is 362 g/mol. The van der Waals surface area contributed by atoms with Crippen LogP contribution in [0.3, 0.4) is 0 Å². The zero-order valence-corrected chi connectivity index (χ0v) is 15.6. The molecule has 0 aliphatic carbocycles. The lowest BCUT2D eigenvalue weighted by atomic mass is 10.1. The first kappa shape index (κ1) is 19.8. The van der Waals surface area contributed by atoms with Crippen molar-refractivity contribution in [2.24, 2.45) is 0 Å². The smallest absolute Gasteiger partial charge is 0.262 e. The van der Waals surface area contributed by atoms with Crippen molar-refractivity contribution in [3.8, 4) is 17.6 Å². The second-order valence-electron chi connectivity index (χ2n) is 5.77.